The van der Waals surface area contributed by atoms with Crippen molar-refractivity contribution in [2.45, 2.75) is 91.4 Å². The van der Waals surface area contributed by atoms with Crippen molar-refractivity contribution in [1.29, 1.82) is 0 Å². The fourth-order valence-electron chi connectivity index (χ4n) is 3.16. The van der Waals surface area contributed by atoms with Gasteiger partial charge >= 0.3 is 0 Å². The standard InChI is InChI=1S/C22H37N/c1-4-5-6-7-8-9-10-11-12-13-18-22(23)20(3)21-17-15-14-16-19(21)2/h14-17H,4-13,18,23H2,1-3H3. The Morgan fingerprint density at radius 1 is 0.826 bits per heavy atom. The molecule has 0 heterocycles. The van der Waals surface area contributed by atoms with Crippen molar-refractivity contribution < 1.29 is 0 Å². The molecule has 23 heavy (non-hydrogen) atoms. The third kappa shape index (κ3) is 8.25. The summed E-state index contributed by atoms with van der Waals surface area (Å²) in [6, 6.07) is 8.52. The molecule has 0 saturated heterocycles. The summed E-state index contributed by atoms with van der Waals surface area (Å²) >= 11 is 0. The lowest BCUT2D eigenvalue weighted by Crippen LogP contribution is -2.01. The van der Waals surface area contributed by atoms with Crippen LogP contribution in [-0.2, 0) is 0 Å². The SMILES string of the molecule is CCCCCCCCCCCCC(N)=C(C)c1ccccc1C. The molecule has 0 amide bonds. The summed E-state index contributed by atoms with van der Waals surface area (Å²) in [5.41, 5.74) is 11.3. The first kappa shape index (κ1) is 19.8. The van der Waals surface area contributed by atoms with E-state index in [4.69, 9.17) is 5.73 Å². The van der Waals surface area contributed by atoms with E-state index < -0.39 is 0 Å². The summed E-state index contributed by atoms with van der Waals surface area (Å²) in [6.07, 6.45) is 14.8. The van der Waals surface area contributed by atoms with Crippen molar-refractivity contribution in [2.75, 3.05) is 0 Å². The van der Waals surface area contributed by atoms with Gasteiger partial charge < -0.3 is 5.73 Å². The molecule has 0 bridgehead atoms. The molecule has 0 aliphatic heterocycles. The van der Waals surface area contributed by atoms with Crippen molar-refractivity contribution in [2.24, 2.45) is 5.73 Å². The van der Waals surface area contributed by atoms with Crippen LogP contribution in [0.15, 0.2) is 30.0 Å². The second-order valence-corrected chi connectivity index (χ2v) is 6.90. The minimum atomic E-state index is 1.04. The predicted molar refractivity (Wildman–Crippen MR) is 104 cm³/mol. The molecule has 1 nitrogen and oxygen atoms in total. The van der Waals surface area contributed by atoms with E-state index in [0.29, 0.717) is 0 Å². The zero-order valence-electron chi connectivity index (χ0n) is 15.7. The van der Waals surface area contributed by atoms with Crippen LogP contribution in [0.5, 0.6) is 0 Å². The molecular weight excluding hydrogens is 278 g/mol. The average molecular weight is 316 g/mol. The van der Waals surface area contributed by atoms with Crippen molar-refractivity contribution in [3.05, 3.63) is 41.1 Å². The van der Waals surface area contributed by atoms with Gasteiger partial charge in [-0.15, -0.1) is 0 Å². The highest BCUT2D eigenvalue weighted by atomic mass is 14.6. The highest BCUT2D eigenvalue weighted by Crippen LogP contribution is 2.22. The first-order valence-corrected chi connectivity index (χ1v) is 9.68. The van der Waals surface area contributed by atoms with Crippen LogP contribution in [0.1, 0.15) is 95.6 Å². The smallest absolute Gasteiger partial charge is 0.0116 e. The molecule has 0 atom stereocenters. The normalized spacial score (nSPS) is 12.3. The topological polar surface area (TPSA) is 26.0 Å². The second kappa shape index (κ2) is 12.2. The molecule has 2 N–H and O–H groups in total. The van der Waals surface area contributed by atoms with E-state index in [2.05, 4.69) is 45.0 Å². The number of aryl methyl sites for hydroxylation is 1. The van der Waals surface area contributed by atoms with E-state index in [1.165, 1.54) is 80.9 Å². The van der Waals surface area contributed by atoms with Crippen molar-refractivity contribution >= 4 is 5.57 Å². The maximum atomic E-state index is 6.31. The second-order valence-electron chi connectivity index (χ2n) is 6.90. The average Bonchev–Trinajstić information content (AvgIpc) is 2.56. The fraction of sp³-hybridized carbons (Fsp3) is 0.636. The zero-order chi connectivity index (χ0) is 16.9. The van der Waals surface area contributed by atoms with Crippen LogP contribution in [0, 0.1) is 6.92 Å². The van der Waals surface area contributed by atoms with Gasteiger partial charge in [-0.1, -0.05) is 89.0 Å². The number of allylic oxidation sites excluding steroid dienone is 2. The minimum Gasteiger partial charge on any atom is -0.402 e. The molecule has 0 saturated carbocycles. The fourth-order valence-corrected chi connectivity index (χ4v) is 3.16. The first-order chi connectivity index (χ1) is 11.2. The maximum Gasteiger partial charge on any atom is 0.0116 e. The van der Waals surface area contributed by atoms with Crippen molar-refractivity contribution in [1.82, 2.24) is 0 Å². The summed E-state index contributed by atoms with van der Waals surface area (Å²) in [5.74, 6) is 0. The molecule has 130 valence electrons. The highest BCUT2D eigenvalue weighted by molar-refractivity contribution is 5.68. The van der Waals surface area contributed by atoms with Gasteiger partial charge in [-0.3, -0.25) is 0 Å². The van der Waals surface area contributed by atoms with Gasteiger partial charge in [-0.05, 0) is 43.4 Å². The van der Waals surface area contributed by atoms with E-state index in [1.54, 1.807) is 0 Å². The van der Waals surface area contributed by atoms with E-state index in [1.807, 2.05) is 0 Å². The van der Waals surface area contributed by atoms with Gasteiger partial charge in [0.2, 0.25) is 0 Å². The number of hydrogen-bond acceptors (Lipinski definition) is 1. The third-order valence-corrected chi connectivity index (χ3v) is 4.83. The summed E-state index contributed by atoms with van der Waals surface area (Å²) in [6.45, 7) is 6.60. The molecule has 0 spiro atoms. The molecule has 1 aromatic rings. The van der Waals surface area contributed by atoms with Gasteiger partial charge in [-0.2, -0.15) is 0 Å². The number of unbranched alkanes of at least 4 members (excludes halogenated alkanes) is 9. The lowest BCUT2D eigenvalue weighted by molar-refractivity contribution is 0.556. The van der Waals surface area contributed by atoms with Gasteiger partial charge in [0.25, 0.3) is 0 Å². The van der Waals surface area contributed by atoms with Crippen molar-refractivity contribution in [3.63, 3.8) is 0 Å². The van der Waals surface area contributed by atoms with E-state index in [0.717, 1.165) is 12.1 Å². The van der Waals surface area contributed by atoms with Crippen LogP contribution in [0.2, 0.25) is 0 Å². The molecule has 1 rings (SSSR count). The Kier molecular flexibility index (Phi) is 10.5. The monoisotopic (exact) mass is 315 g/mol. The zero-order valence-corrected chi connectivity index (χ0v) is 15.7. The van der Waals surface area contributed by atoms with Crippen LogP contribution in [0.4, 0.5) is 0 Å². The maximum absolute atomic E-state index is 6.31. The largest absolute Gasteiger partial charge is 0.402 e. The number of rotatable bonds is 12. The van der Waals surface area contributed by atoms with Crippen LogP contribution in [-0.4, -0.2) is 0 Å². The molecule has 0 radical (unpaired) electrons. The van der Waals surface area contributed by atoms with Crippen LogP contribution >= 0.6 is 0 Å². The Labute approximate surface area is 144 Å². The van der Waals surface area contributed by atoms with Crippen molar-refractivity contribution in [3.8, 4) is 0 Å². The summed E-state index contributed by atoms with van der Waals surface area (Å²) < 4.78 is 0. The molecule has 0 aliphatic rings. The first-order valence-electron chi connectivity index (χ1n) is 9.68. The van der Waals surface area contributed by atoms with E-state index >= 15 is 0 Å². The predicted octanol–water partition coefficient (Wildman–Crippen LogP) is 7.00. The van der Waals surface area contributed by atoms with Gasteiger partial charge in [0.1, 0.15) is 0 Å². The van der Waals surface area contributed by atoms with Crippen LogP contribution < -0.4 is 5.73 Å². The van der Waals surface area contributed by atoms with Crippen LogP contribution in [0.25, 0.3) is 5.57 Å². The van der Waals surface area contributed by atoms with Crippen LogP contribution in [0.3, 0.4) is 0 Å². The van der Waals surface area contributed by atoms with E-state index in [-0.39, 0.29) is 0 Å². The Morgan fingerprint density at radius 3 is 1.91 bits per heavy atom. The lowest BCUT2D eigenvalue weighted by Gasteiger charge is -2.10. The summed E-state index contributed by atoms with van der Waals surface area (Å²) in [7, 11) is 0. The highest BCUT2D eigenvalue weighted by Gasteiger charge is 2.04. The molecule has 1 aromatic carbocycles. The van der Waals surface area contributed by atoms with Gasteiger partial charge in [0, 0.05) is 5.70 Å². The molecule has 0 aromatic heterocycles. The van der Waals surface area contributed by atoms with Gasteiger partial charge in [-0.25, -0.2) is 0 Å². The molecule has 0 unspecified atom stereocenters. The Bertz CT molecular complexity index is 459. The summed E-state index contributed by atoms with van der Waals surface area (Å²) in [4.78, 5) is 0. The molecule has 0 aliphatic carbocycles. The molecule has 1 heteroatoms. The minimum absolute atomic E-state index is 1.04. The van der Waals surface area contributed by atoms with Gasteiger partial charge in [0.15, 0.2) is 0 Å². The van der Waals surface area contributed by atoms with Gasteiger partial charge in [0.05, 0.1) is 0 Å². The number of nitrogens with two attached hydrogens (primary N) is 1. The quantitative estimate of drug-likeness (QED) is 0.413. The Morgan fingerprint density at radius 2 is 1.35 bits per heavy atom. The molecular formula is C22H37N. The van der Waals surface area contributed by atoms with E-state index in [9.17, 15) is 0 Å². The summed E-state index contributed by atoms with van der Waals surface area (Å²) in [5, 5.41) is 0. The Hall–Kier alpha value is -1.24. The number of hydrogen-bond donors (Lipinski definition) is 1. The lowest BCUT2D eigenvalue weighted by atomic mass is 9.98. The Balaban J connectivity index is 2.15. The number of benzene rings is 1. The third-order valence-electron chi connectivity index (χ3n) is 4.83. The molecule has 0 fully saturated rings.